The zero-order chi connectivity index (χ0) is 12.8. The normalized spacial score (nSPS) is 12.3. The Hall–Kier alpha value is -1.29. The van der Waals surface area contributed by atoms with Gasteiger partial charge in [0, 0.05) is 12.1 Å². The number of aryl methyl sites for hydroxylation is 1. The van der Waals surface area contributed by atoms with Gasteiger partial charge in [-0.1, -0.05) is 0 Å². The highest BCUT2D eigenvalue weighted by Gasteiger charge is 2.10. The molecule has 0 amide bonds. The quantitative estimate of drug-likeness (QED) is 0.832. The molecule has 1 aromatic carbocycles. The van der Waals surface area contributed by atoms with Crippen molar-refractivity contribution in [3.8, 4) is 11.5 Å². The smallest absolute Gasteiger partial charge is 0.163 e. The van der Waals surface area contributed by atoms with E-state index in [2.05, 4.69) is 0 Å². The van der Waals surface area contributed by atoms with Crippen LogP contribution in [0.2, 0.25) is 0 Å². The van der Waals surface area contributed by atoms with Crippen molar-refractivity contribution in [2.24, 2.45) is 5.73 Å². The van der Waals surface area contributed by atoms with E-state index in [1.807, 2.05) is 6.92 Å². The molecule has 0 spiro atoms. The second kappa shape index (κ2) is 6.45. The maximum Gasteiger partial charge on any atom is 0.163 e. The van der Waals surface area contributed by atoms with Crippen LogP contribution in [0, 0.1) is 5.82 Å². The Balaban J connectivity index is 2.78. The maximum atomic E-state index is 13.7. The van der Waals surface area contributed by atoms with Crippen LogP contribution in [0.3, 0.4) is 0 Å². The van der Waals surface area contributed by atoms with Crippen molar-refractivity contribution in [1.82, 2.24) is 0 Å². The van der Waals surface area contributed by atoms with Gasteiger partial charge in [-0.15, -0.1) is 0 Å². The van der Waals surface area contributed by atoms with E-state index in [9.17, 15) is 4.39 Å². The van der Waals surface area contributed by atoms with Gasteiger partial charge in [0.2, 0.25) is 0 Å². The van der Waals surface area contributed by atoms with E-state index in [1.165, 1.54) is 13.2 Å². The third-order valence-electron chi connectivity index (χ3n) is 2.66. The van der Waals surface area contributed by atoms with Crippen LogP contribution >= 0.6 is 0 Å². The van der Waals surface area contributed by atoms with Gasteiger partial charge in [-0.05, 0) is 37.8 Å². The van der Waals surface area contributed by atoms with E-state index < -0.39 is 0 Å². The molecule has 0 aliphatic carbocycles. The number of hydrogen-bond acceptors (Lipinski definition) is 3. The summed E-state index contributed by atoms with van der Waals surface area (Å²) < 4.78 is 23.9. The van der Waals surface area contributed by atoms with Gasteiger partial charge >= 0.3 is 0 Å². The topological polar surface area (TPSA) is 44.5 Å². The van der Waals surface area contributed by atoms with Crippen LogP contribution in [-0.4, -0.2) is 20.3 Å². The highest BCUT2D eigenvalue weighted by Crippen LogP contribution is 2.30. The van der Waals surface area contributed by atoms with Crippen molar-refractivity contribution in [1.29, 1.82) is 0 Å². The molecule has 0 aliphatic heterocycles. The number of ether oxygens (including phenoxy) is 2. The lowest BCUT2D eigenvalue weighted by atomic mass is 10.0. The second-order valence-corrected chi connectivity index (χ2v) is 4.17. The number of nitrogens with two attached hydrogens (primary N) is 1. The Labute approximate surface area is 102 Å². The molecule has 0 aliphatic rings. The summed E-state index contributed by atoms with van der Waals surface area (Å²) in [6.45, 7) is 1.95. The Morgan fingerprint density at radius 3 is 2.35 bits per heavy atom. The predicted octanol–water partition coefficient (Wildman–Crippen LogP) is 2.51. The maximum absolute atomic E-state index is 13.7. The van der Waals surface area contributed by atoms with E-state index in [0.717, 1.165) is 12.8 Å². The molecule has 0 aromatic heterocycles. The van der Waals surface area contributed by atoms with Crippen LogP contribution in [0.15, 0.2) is 12.1 Å². The van der Waals surface area contributed by atoms with Crippen molar-refractivity contribution in [3.05, 3.63) is 23.5 Å². The standard InChI is InChI=1S/C13H20FNO2/c1-9(15)5-4-6-10-7-12(16-2)13(17-3)8-11(10)14/h7-9H,4-6,15H2,1-3H3. The first-order valence-electron chi connectivity index (χ1n) is 5.74. The molecule has 1 atom stereocenters. The Kier molecular flexibility index (Phi) is 5.22. The first kappa shape index (κ1) is 13.8. The average molecular weight is 241 g/mol. The highest BCUT2D eigenvalue weighted by atomic mass is 19.1. The largest absolute Gasteiger partial charge is 0.493 e. The Morgan fingerprint density at radius 1 is 1.24 bits per heavy atom. The summed E-state index contributed by atoms with van der Waals surface area (Å²) in [6.07, 6.45) is 2.41. The lowest BCUT2D eigenvalue weighted by Gasteiger charge is -2.11. The number of benzene rings is 1. The molecule has 1 aromatic rings. The van der Waals surface area contributed by atoms with Gasteiger partial charge in [0.15, 0.2) is 11.5 Å². The van der Waals surface area contributed by atoms with Crippen LogP contribution < -0.4 is 15.2 Å². The van der Waals surface area contributed by atoms with Crippen LogP contribution in [0.1, 0.15) is 25.3 Å². The molecule has 0 radical (unpaired) electrons. The second-order valence-electron chi connectivity index (χ2n) is 4.17. The van der Waals surface area contributed by atoms with Crippen LogP contribution in [0.25, 0.3) is 0 Å². The van der Waals surface area contributed by atoms with Gasteiger partial charge in [-0.25, -0.2) is 4.39 Å². The molecule has 0 saturated carbocycles. The van der Waals surface area contributed by atoms with Crippen molar-refractivity contribution < 1.29 is 13.9 Å². The van der Waals surface area contributed by atoms with Crippen molar-refractivity contribution >= 4 is 0 Å². The molecule has 3 nitrogen and oxygen atoms in total. The monoisotopic (exact) mass is 241 g/mol. The molecule has 96 valence electrons. The van der Waals surface area contributed by atoms with E-state index in [0.29, 0.717) is 23.5 Å². The minimum absolute atomic E-state index is 0.151. The van der Waals surface area contributed by atoms with E-state index in [1.54, 1.807) is 13.2 Å². The molecular weight excluding hydrogens is 221 g/mol. The van der Waals surface area contributed by atoms with Gasteiger partial charge in [-0.2, -0.15) is 0 Å². The zero-order valence-corrected chi connectivity index (χ0v) is 10.6. The molecule has 2 N–H and O–H groups in total. The summed E-state index contributed by atoms with van der Waals surface area (Å²) >= 11 is 0. The van der Waals surface area contributed by atoms with Gasteiger partial charge in [0.1, 0.15) is 5.82 Å². The van der Waals surface area contributed by atoms with Crippen molar-refractivity contribution in [2.45, 2.75) is 32.2 Å². The summed E-state index contributed by atoms with van der Waals surface area (Å²) in [5.74, 6) is 0.720. The number of methoxy groups -OCH3 is 2. The third kappa shape index (κ3) is 3.89. The molecule has 1 rings (SSSR count). The fourth-order valence-corrected chi connectivity index (χ4v) is 1.70. The average Bonchev–Trinajstić information content (AvgIpc) is 2.30. The Bertz CT molecular complexity index is 367. The Morgan fingerprint density at radius 2 is 1.82 bits per heavy atom. The molecule has 0 bridgehead atoms. The number of hydrogen-bond donors (Lipinski definition) is 1. The third-order valence-corrected chi connectivity index (χ3v) is 2.66. The van der Waals surface area contributed by atoms with Crippen LogP contribution in [0.4, 0.5) is 4.39 Å². The predicted molar refractivity (Wildman–Crippen MR) is 66.1 cm³/mol. The minimum Gasteiger partial charge on any atom is -0.493 e. The van der Waals surface area contributed by atoms with Crippen LogP contribution in [0.5, 0.6) is 11.5 Å². The highest BCUT2D eigenvalue weighted by molar-refractivity contribution is 5.43. The molecule has 4 heteroatoms. The van der Waals surface area contributed by atoms with Gasteiger partial charge in [-0.3, -0.25) is 0 Å². The summed E-state index contributed by atoms with van der Waals surface area (Å²) in [6, 6.07) is 3.20. The lowest BCUT2D eigenvalue weighted by Crippen LogP contribution is -2.14. The molecule has 17 heavy (non-hydrogen) atoms. The molecule has 1 unspecified atom stereocenters. The molecule has 0 fully saturated rings. The zero-order valence-electron chi connectivity index (χ0n) is 10.6. The summed E-state index contributed by atoms with van der Waals surface area (Å²) in [7, 11) is 3.04. The lowest BCUT2D eigenvalue weighted by molar-refractivity contribution is 0.351. The van der Waals surface area contributed by atoms with Gasteiger partial charge in [0.05, 0.1) is 14.2 Å². The fraction of sp³-hybridized carbons (Fsp3) is 0.538. The van der Waals surface area contributed by atoms with Gasteiger partial charge < -0.3 is 15.2 Å². The van der Waals surface area contributed by atoms with E-state index >= 15 is 0 Å². The summed E-state index contributed by atoms with van der Waals surface area (Å²) in [5.41, 5.74) is 6.30. The van der Waals surface area contributed by atoms with Crippen molar-refractivity contribution in [2.75, 3.05) is 14.2 Å². The minimum atomic E-state index is -0.257. The molecule has 0 saturated heterocycles. The van der Waals surface area contributed by atoms with Crippen molar-refractivity contribution in [3.63, 3.8) is 0 Å². The summed E-state index contributed by atoms with van der Waals surface area (Å²) in [4.78, 5) is 0. The molecule has 0 heterocycles. The fourth-order valence-electron chi connectivity index (χ4n) is 1.70. The SMILES string of the molecule is COc1cc(F)c(CCCC(C)N)cc1OC. The number of rotatable bonds is 6. The molecular formula is C13H20FNO2. The first-order valence-corrected chi connectivity index (χ1v) is 5.74. The van der Waals surface area contributed by atoms with E-state index in [-0.39, 0.29) is 11.9 Å². The number of halogens is 1. The summed E-state index contributed by atoms with van der Waals surface area (Å²) in [5, 5.41) is 0. The van der Waals surface area contributed by atoms with Gasteiger partial charge in [0.25, 0.3) is 0 Å². The van der Waals surface area contributed by atoms with E-state index in [4.69, 9.17) is 15.2 Å². The first-order chi connectivity index (χ1) is 8.08. The van der Waals surface area contributed by atoms with Crippen LogP contribution in [-0.2, 0) is 6.42 Å².